The van der Waals surface area contributed by atoms with E-state index in [1.165, 1.54) is 76.8 Å². The lowest BCUT2D eigenvalue weighted by atomic mass is 9.92. The summed E-state index contributed by atoms with van der Waals surface area (Å²) < 4.78 is 0. The second kappa shape index (κ2) is 12.3. The highest BCUT2D eigenvalue weighted by atomic mass is 14.9. The molecule has 1 N–H and O–H groups in total. The number of hydrogen-bond donors (Lipinski definition) is 1. The van der Waals surface area contributed by atoms with Crippen LogP contribution in [0.4, 0.5) is 11.4 Å². The zero-order chi connectivity index (χ0) is 32.6. The molecule has 9 rings (SSSR count). The van der Waals surface area contributed by atoms with Gasteiger partial charge >= 0.3 is 0 Å². The summed E-state index contributed by atoms with van der Waals surface area (Å²) in [5.41, 5.74) is 11.8. The van der Waals surface area contributed by atoms with Gasteiger partial charge in [-0.05, 0) is 107 Å². The predicted octanol–water partition coefficient (Wildman–Crippen LogP) is 13.6. The Hall–Kier alpha value is -6.44. The molecule has 9 aromatic rings. The number of hydrogen-bond acceptors (Lipinski definition) is 1. The first kappa shape index (κ1) is 28.8. The van der Waals surface area contributed by atoms with Crippen molar-refractivity contribution >= 4 is 43.7 Å². The van der Waals surface area contributed by atoms with E-state index in [2.05, 4.69) is 199 Å². The van der Waals surface area contributed by atoms with Crippen molar-refractivity contribution in [3.05, 3.63) is 194 Å². The molecule has 230 valence electrons. The summed E-state index contributed by atoms with van der Waals surface area (Å²) >= 11 is 0. The molecule has 0 saturated heterocycles. The minimum atomic E-state index is 1.05. The molecule has 0 saturated carbocycles. The molecule has 0 amide bonds. The Kier molecular flexibility index (Phi) is 7.22. The van der Waals surface area contributed by atoms with Gasteiger partial charge in [0.15, 0.2) is 0 Å². The van der Waals surface area contributed by atoms with Crippen molar-refractivity contribution in [2.24, 2.45) is 0 Å². The summed E-state index contributed by atoms with van der Waals surface area (Å²) in [5.74, 6) is 0. The number of nitrogens with one attached hydrogen (secondary N) is 1. The molecule has 0 radical (unpaired) electrons. The highest BCUT2D eigenvalue weighted by Crippen LogP contribution is 2.38. The van der Waals surface area contributed by atoms with Gasteiger partial charge in [-0.1, -0.05) is 164 Å². The van der Waals surface area contributed by atoms with Gasteiger partial charge in [-0.2, -0.15) is 0 Å². The molecule has 1 nitrogen and oxygen atoms in total. The van der Waals surface area contributed by atoms with Crippen LogP contribution in [0.15, 0.2) is 194 Å². The third-order valence-corrected chi connectivity index (χ3v) is 9.65. The highest BCUT2D eigenvalue weighted by Gasteiger charge is 2.12. The van der Waals surface area contributed by atoms with Crippen LogP contribution >= 0.6 is 0 Å². The van der Waals surface area contributed by atoms with Crippen molar-refractivity contribution in [3.63, 3.8) is 0 Å². The Bertz CT molecular complexity index is 2590. The largest absolute Gasteiger partial charge is 0.356 e. The molecule has 0 aliphatic heterocycles. The van der Waals surface area contributed by atoms with Crippen molar-refractivity contribution < 1.29 is 0 Å². The minimum Gasteiger partial charge on any atom is -0.356 e. The van der Waals surface area contributed by atoms with Gasteiger partial charge in [0.2, 0.25) is 0 Å². The highest BCUT2D eigenvalue weighted by molar-refractivity contribution is 6.13. The van der Waals surface area contributed by atoms with E-state index < -0.39 is 0 Å². The van der Waals surface area contributed by atoms with Gasteiger partial charge in [0.1, 0.15) is 0 Å². The van der Waals surface area contributed by atoms with Crippen LogP contribution in [0.3, 0.4) is 0 Å². The Labute approximate surface area is 286 Å². The Morgan fingerprint density at radius 3 is 1.55 bits per heavy atom. The quantitative estimate of drug-likeness (QED) is 0.182. The summed E-state index contributed by atoms with van der Waals surface area (Å²) in [6.07, 6.45) is 0. The monoisotopic (exact) mass is 623 g/mol. The molecule has 49 heavy (non-hydrogen) atoms. The fraction of sp³-hybridized carbons (Fsp3) is 0. The van der Waals surface area contributed by atoms with E-state index in [1.807, 2.05) is 0 Å². The van der Waals surface area contributed by atoms with E-state index in [4.69, 9.17) is 0 Å². The number of benzene rings is 9. The zero-order valence-corrected chi connectivity index (χ0v) is 27.0. The van der Waals surface area contributed by atoms with Crippen LogP contribution in [0.5, 0.6) is 0 Å². The minimum absolute atomic E-state index is 1.05. The standard InChI is InChI=1S/C48H33N/c1-2-11-34(12-3-1)48-32-40(29-30-44(48)36-23-21-35(22-24-36)42-20-10-15-33-13-4-6-16-41(33)42)49-39-27-25-37(26-28-39)47-31-38-14-5-7-17-43(38)45-18-8-9-19-46(45)47/h1-32,49H. The molecule has 0 aromatic heterocycles. The normalized spacial score (nSPS) is 11.3. The van der Waals surface area contributed by atoms with Gasteiger partial charge in [0, 0.05) is 11.4 Å². The number of fused-ring (bicyclic) bond motifs is 4. The van der Waals surface area contributed by atoms with Crippen LogP contribution < -0.4 is 5.32 Å². The predicted molar refractivity (Wildman–Crippen MR) is 210 cm³/mol. The van der Waals surface area contributed by atoms with Crippen molar-refractivity contribution in [1.29, 1.82) is 0 Å². The first-order valence-electron chi connectivity index (χ1n) is 16.8. The van der Waals surface area contributed by atoms with Gasteiger partial charge in [0.25, 0.3) is 0 Å². The first-order valence-corrected chi connectivity index (χ1v) is 16.8. The van der Waals surface area contributed by atoms with Crippen molar-refractivity contribution in [3.8, 4) is 44.5 Å². The Morgan fingerprint density at radius 2 is 0.776 bits per heavy atom. The fourth-order valence-electron chi connectivity index (χ4n) is 7.23. The smallest absolute Gasteiger partial charge is 0.0390 e. The summed E-state index contributed by atoms with van der Waals surface area (Å²) in [7, 11) is 0. The van der Waals surface area contributed by atoms with E-state index >= 15 is 0 Å². The lowest BCUT2D eigenvalue weighted by molar-refractivity contribution is 1.52. The van der Waals surface area contributed by atoms with Crippen molar-refractivity contribution in [2.75, 3.05) is 5.32 Å². The molecule has 0 aliphatic carbocycles. The molecule has 0 heterocycles. The number of anilines is 2. The zero-order valence-electron chi connectivity index (χ0n) is 27.0. The molecular weight excluding hydrogens is 591 g/mol. The third kappa shape index (κ3) is 5.42. The van der Waals surface area contributed by atoms with Gasteiger partial charge in [-0.3, -0.25) is 0 Å². The molecule has 9 aromatic carbocycles. The lowest BCUT2D eigenvalue weighted by Gasteiger charge is -2.15. The van der Waals surface area contributed by atoms with Gasteiger partial charge in [-0.15, -0.1) is 0 Å². The first-order chi connectivity index (χ1) is 24.3. The maximum absolute atomic E-state index is 3.69. The molecule has 0 bridgehead atoms. The molecule has 1 heteroatoms. The Morgan fingerprint density at radius 1 is 0.245 bits per heavy atom. The van der Waals surface area contributed by atoms with Gasteiger partial charge in [0.05, 0.1) is 0 Å². The second-order valence-corrected chi connectivity index (χ2v) is 12.6. The number of rotatable bonds is 6. The van der Waals surface area contributed by atoms with E-state index in [0.717, 1.165) is 11.4 Å². The average molecular weight is 624 g/mol. The maximum Gasteiger partial charge on any atom is 0.0390 e. The van der Waals surface area contributed by atoms with Crippen LogP contribution in [-0.2, 0) is 0 Å². The van der Waals surface area contributed by atoms with Crippen molar-refractivity contribution in [2.45, 2.75) is 0 Å². The van der Waals surface area contributed by atoms with E-state index in [0.29, 0.717) is 0 Å². The van der Waals surface area contributed by atoms with E-state index in [-0.39, 0.29) is 0 Å². The Balaban J connectivity index is 1.04. The lowest BCUT2D eigenvalue weighted by Crippen LogP contribution is -1.93. The van der Waals surface area contributed by atoms with E-state index in [1.54, 1.807) is 0 Å². The molecule has 0 spiro atoms. The van der Waals surface area contributed by atoms with Crippen molar-refractivity contribution in [1.82, 2.24) is 0 Å². The molecule has 0 atom stereocenters. The molecule has 0 aliphatic rings. The van der Waals surface area contributed by atoms with Crippen LogP contribution in [-0.4, -0.2) is 0 Å². The maximum atomic E-state index is 3.69. The average Bonchev–Trinajstić information content (AvgIpc) is 3.18. The second-order valence-electron chi connectivity index (χ2n) is 12.6. The summed E-state index contributed by atoms with van der Waals surface area (Å²) in [6, 6.07) is 70.0. The van der Waals surface area contributed by atoms with Crippen LogP contribution in [0.25, 0.3) is 76.8 Å². The molecular formula is C48H33N. The summed E-state index contributed by atoms with van der Waals surface area (Å²) in [4.78, 5) is 0. The summed E-state index contributed by atoms with van der Waals surface area (Å²) in [6.45, 7) is 0. The van der Waals surface area contributed by atoms with Gasteiger partial charge in [-0.25, -0.2) is 0 Å². The van der Waals surface area contributed by atoms with E-state index in [9.17, 15) is 0 Å². The SMILES string of the molecule is c1ccc(-c2cc(Nc3ccc(-c4cc5ccccc5c5ccccc45)cc3)ccc2-c2ccc(-c3cccc4ccccc34)cc2)cc1. The van der Waals surface area contributed by atoms with Crippen LogP contribution in [0.2, 0.25) is 0 Å². The molecule has 0 fully saturated rings. The summed E-state index contributed by atoms with van der Waals surface area (Å²) in [5, 5.41) is 11.3. The van der Waals surface area contributed by atoms with Gasteiger partial charge < -0.3 is 5.32 Å². The topological polar surface area (TPSA) is 12.0 Å². The van der Waals surface area contributed by atoms with Crippen LogP contribution in [0.1, 0.15) is 0 Å². The molecule has 0 unspecified atom stereocenters. The fourth-order valence-corrected chi connectivity index (χ4v) is 7.23. The van der Waals surface area contributed by atoms with Crippen LogP contribution in [0, 0.1) is 0 Å². The third-order valence-electron chi connectivity index (χ3n) is 9.65.